The smallest absolute Gasteiger partial charge is 0.217 e. The van der Waals surface area contributed by atoms with Crippen LogP contribution in [0.4, 0.5) is 0 Å². The number of rotatable bonds is 5. The fourth-order valence-corrected chi connectivity index (χ4v) is 5.22. The SMILES string of the molecule is Cc1ccc(-c2nc(C[C@H]3CCS(=O)(=O)C3)n(Cc3ccccc3)n2)o1. The Bertz CT molecular complexity index is 1010. The molecule has 1 aromatic carbocycles. The van der Waals surface area contributed by atoms with Crippen LogP contribution in [0.1, 0.15) is 23.6 Å². The summed E-state index contributed by atoms with van der Waals surface area (Å²) < 4.78 is 31.1. The standard InChI is InChI=1S/C19H21N3O3S/c1-14-7-8-17(25-14)19-20-18(11-16-9-10-26(23,24)13-16)22(21-19)12-15-5-3-2-4-6-15/h2-8,16H,9-13H2,1H3/t16-/m1/s1. The molecule has 0 radical (unpaired) electrons. The van der Waals surface area contributed by atoms with E-state index in [1.165, 1.54) is 0 Å². The molecular formula is C19H21N3O3S. The predicted octanol–water partition coefficient (Wildman–Crippen LogP) is 2.87. The third kappa shape index (κ3) is 3.72. The van der Waals surface area contributed by atoms with Crippen molar-refractivity contribution in [1.29, 1.82) is 0 Å². The van der Waals surface area contributed by atoms with Crippen molar-refractivity contribution >= 4 is 9.84 Å². The van der Waals surface area contributed by atoms with Gasteiger partial charge in [-0.1, -0.05) is 30.3 Å². The molecule has 6 nitrogen and oxygen atoms in total. The average molecular weight is 371 g/mol. The van der Waals surface area contributed by atoms with E-state index in [1.807, 2.05) is 54.1 Å². The van der Waals surface area contributed by atoms with Crippen molar-refractivity contribution in [2.75, 3.05) is 11.5 Å². The maximum absolute atomic E-state index is 11.8. The van der Waals surface area contributed by atoms with Gasteiger partial charge >= 0.3 is 0 Å². The molecule has 0 spiro atoms. The molecule has 1 atom stereocenters. The lowest BCUT2D eigenvalue weighted by molar-refractivity contribution is 0.533. The van der Waals surface area contributed by atoms with Gasteiger partial charge in [0.05, 0.1) is 18.1 Å². The van der Waals surface area contributed by atoms with Gasteiger partial charge in [-0.25, -0.2) is 18.1 Å². The molecule has 0 bridgehead atoms. The normalized spacial score (nSPS) is 19.0. The van der Waals surface area contributed by atoms with Crippen molar-refractivity contribution in [2.45, 2.75) is 26.3 Å². The first-order valence-electron chi connectivity index (χ1n) is 8.73. The van der Waals surface area contributed by atoms with Gasteiger partial charge in [-0.05, 0) is 37.0 Å². The monoisotopic (exact) mass is 371 g/mol. The first kappa shape index (κ1) is 17.0. The van der Waals surface area contributed by atoms with Gasteiger partial charge in [-0.2, -0.15) is 0 Å². The lowest BCUT2D eigenvalue weighted by Gasteiger charge is -2.09. The highest BCUT2D eigenvalue weighted by atomic mass is 32.2. The molecule has 0 aliphatic carbocycles. The number of aromatic nitrogens is 3. The van der Waals surface area contributed by atoms with Crippen molar-refractivity contribution in [3.05, 3.63) is 59.6 Å². The Morgan fingerprint density at radius 2 is 2.00 bits per heavy atom. The van der Waals surface area contributed by atoms with Crippen LogP contribution in [-0.4, -0.2) is 34.7 Å². The van der Waals surface area contributed by atoms with Crippen LogP contribution in [0, 0.1) is 12.8 Å². The summed E-state index contributed by atoms with van der Waals surface area (Å²) in [6, 6.07) is 13.8. The quantitative estimate of drug-likeness (QED) is 0.689. The van der Waals surface area contributed by atoms with Gasteiger partial charge in [0.25, 0.3) is 0 Å². The second-order valence-electron chi connectivity index (χ2n) is 6.88. The molecule has 1 saturated heterocycles. The highest BCUT2D eigenvalue weighted by Crippen LogP contribution is 2.25. The summed E-state index contributed by atoms with van der Waals surface area (Å²) in [6.07, 6.45) is 1.30. The molecular weight excluding hydrogens is 350 g/mol. The van der Waals surface area contributed by atoms with Crippen molar-refractivity contribution < 1.29 is 12.8 Å². The van der Waals surface area contributed by atoms with E-state index >= 15 is 0 Å². The third-order valence-electron chi connectivity index (χ3n) is 4.68. The highest BCUT2D eigenvalue weighted by molar-refractivity contribution is 7.91. The second-order valence-corrected chi connectivity index (χ2v) is 9.11. The molecule has 1 aliphatic heterocycles. The second kappa shape index (κ2) is 6.72. The van der Waals surface area contributed by atoms with Crippen molar-refractivity contribution in [3.63, 3.8) is 0 Å². The van der Waals surface area contributed by atoms with E-state index in [1.54, 1.807) is 0 Å². The molecule has 0 unspecified atom stereocenters. The Labute approximate surface area is 152 Å². The minimum absolute atomic E-state index is 0.102. The molecule has 1 aliphatic rings. The van der Waals surface area contributed by atoms with E-state index in [0.717, 1.165) is 17.1 Å². The Morgan fingerprint density at radius 3 is 2.65 bits per heavy atom. The van der Waals surface area contributed by atoms with Crippen LogP contribution >= 0.6 is 0 Å². The number of furan rings is 1. The predicted molar refractivity (Wildman–Crippen MR) is 98.5 cm³/mol. The number of aryl methyl sites for hydroxylation is 1. The van der Waals surface area contributed by atoms with Gasteiger partial charge in [0.15, 0.2) is 15.6 Å². The van der Waals surface area contributed by atoms with E-state index in [2.05, 4.69) is 10.1 Å². The minimum atomic E-state index is -2.91. The Balaban J connectivity index is 1.64. The summed E-state index contributed by atoms with van der Waals surface area (Å²) in [7, 11) is -2.91. The largest absolute Gasteiger partial charge is 0.458 e. The van der Waals surface area contributed by atoms with E-state index in [-0.39, 0.29) is 17.4 Å². The van der Waals surface area contributed by atoms with E-state index in [4.69, 9.17) is 4.42 Å². The molecule has 3 heterocycles. The molecule has 4 rings (SSSR count). The first-order chi connectivity index (χ1) is 12.5. The van der Waals surface area contributed by atoms with E-state index in [0.29, 0.717) is 31.0 Å². The van der Waals surface area contributed by atoms with Crippen LogP contribution in [0.5, 0.6) is 0 Å². The summed E-state index contributed by atoms with van der Waals surface area (Å²) in [4.78, 5) is 4.66. The van der Waals surface area contributed by atoms with E-state index < -0.39 is 9.84 Å². The molecule has 0 amide bonds. The zero-order valence-corrected chi connectivity index (χ0v) is 15.4. The van der Waals surface area contributed by atoms with Crippen molar-refractivity contribution in [2.24, 2.45) is 5.92 Å². The van der Waals surface area contributed by atoms with Crippen LogP contribution in [0.3, 0.4) is 0 Å². The lowest BCUT2D eigenvalue weighted by atomic mass is 10.1. The maximum atomic E-state index is 11.8. The summed E-state index contributed by atoms with van der Waals surface area (Å²) in [5, 5.41) is 4.63. The molecule has 1 fully saturated rings. The Morgan fingerprint density at radius 1 is 1.19 bits per heavy atom. The van der Waals surface area contributed by atoms with Gasteiger partial charge in [0, 0.05) is 6.42 Å². The summed E-state index contributed by atoms with van der Waals surface area (Å²) >= 11 is 0. The maximum Gasteiger partial charge on any atom is 0.217 e. The minimum Gasteiger partial charge on any atom is -0.458 e. The molecule has 7 heteroatoms. The number of benzene rings is 1. The summed E-state index contributed by atoms with van der Waals surface area (Å²) in [6.45, 7) is 2.48. The van der Waals surface area contributed by atoms with Crippen LogP contribution in [0.15, 0.2) is 46.9 Å². The summed E-state index contributed by atoms with van der Waals surface area (Å²) in [5.41, 5.74) is 1.12. The van der Waals surface area contributed by atoms with Crippen LogP contribution in [-0.2, 0) is 22.8 Å². The first-order valence-corrected chi connectivity index (χ1v) is 10.6. The fourth-order valence-electron chi connectivity index (χ4n) is 3.36. The highest BCUT2D eigenvalue weighted by Gasteiger charge is 2.29. The van der Waals surface area contributed by atoms with Crippen molar-refractivity contribution in [3.8, 4) is 11.6 Å². The molecule has 3 aromatic rings. The van der Waals surface area contributed by atoms with E-state index in [9.17, 15) is 8.42 Å². The number of nitrogens with zero attached hydrogens (tertiary/aromatic N) is 3. The van der Waals surface area contributed by atoms with Crippen molar-refractivity contribution in [1.82, 2.24) is 14.8 Å². The third-order valence-corrected chi connectivity index (χ3v) is 6.52. The molecule has 136 valence electrons. The Kier molecular flexibility index (Phi) is 4.40. The van der Waals surface area contributed by atoms with Gasteiger partial charge in [-0.15, -0.1) is 5.10 Å². The fraction of sp³-hybridized carbons (Fsp3) is 0.368. The van der Waals surface area contributed by atoms with Crippen LogP contribution in [0.2, 0.25) is 0 Å². The van der Waals surface area contributed by atoms with Gasteiger partial charge in [-0.3, -0.25) is 0 Å². The zero-order chi connectivity index (χ0) is 18.1. The number of hydrogen-bond donors (Lipinski definition) is 0. The van der Waals surface area contributed by atoms with Gasteiger partial charge in [0.2, 0.25) is 5.82 Å². The summed E-state index contributed by atoms with van der Waals surface area (Å²) in [5.74, 6) is 3.40. The topological polar surface area (TPSA) is 78.0 Å². The number of hydrogen-bond acceptors (Lipinski definition) is 5. The molecule has 0 saturated carbocycles. The Hall–Kier alpha value is -2.41. The molecule has 26 heavy (non-hydrogen) atoms. The average Bonchev–Trinajstić information content (AvgIpc) is 3.29. The molecule has 2 aromatic heterocycles. The van der Waals surface area contributed by atoms with Crippen LogP contribution < -0.4 is 0 Å². The van der Waals surface area contributed by atoms with Gasteiger partial charge < -0.3 is 4.42 Å². The lowest BCUT2D eigenvalue weighted by Crippen LogP contribution is -2.13. The van der Waals surface area contributed by atoms with Crippen LogP contribution in [0.25, 0.3) is 11.6 Å². The number of sulfone groups is 1. The van der Waals surface area contributed by atoms with Gasteiger partial charge in [0.1, 0.15) is 11.6 Å². The molecule has 0 N–H and O–H groups in total. The zero-order valence-electron chi connectivity index (χ0n) is 14.6.